The van der Waals surface area contributed by atoms with Crippen molar-refractivity contribution in [1.82, 2.24) is 4.98 Å². The molecular weight excluding hydrogens is 320 g/mol. The maximum absolute atomic E-state index is 12.3. The van der Waals surface area contributed by atoms with Gasteiger partial charge in [-0.05, 0) is 55.5 Å². The third kappa shape index (κ3) is 3.65. The Morgan fingerprint density at radius 1 is 1.38 bits per heavy atom. The number of benzene rings is 1. The summed E-state index contributed by atoms with van der Waals surface area (Å²) in [5.41, 5.74) is 8.84. The molecule has 1 aliphatic rings. The van der Waals surface area contributed by atoms with Crippen molar-refractivity contribution >= 4 is 39.9 Å². The Hall–Kier alpha value is -1.79. The highest BCUT2D eigenvalue weighted by Gasteiger charge is 2.19. The average molecular weight is 344 g/mol. The lowest BCUT2D eigenvalue weighted by Crippen LogP contribution is -2.36. The fourth-order valence-electron chi connectivity index (χ4n) is 3.08. The number of anilines is 2. The van der Waals surface area contributed by atoms with Crippen molar-refractivity contribution in [2.24, 2.45) is 5.73 Å². The molecule has 0 bridgehead atoms. The first kappa shape index (κ1) is 17.0. The Labute approximate surface area is 147 Å². The molecule has 0 aliphatic carbocycles. The molecule has 1 saturated heterocycles. The lowest BCUT2D eigenvalue weighted by atomic mass is 10.1. The van der Waals surface area contributed by atoms with Crippen LogP contribution >= 0.6 is 11.8 Å². The van der Waals surface area contributed by atoms with E-state index in [9.17, 15) is 4.79 Å². The number of nitrogens with two attached hydrogens (primary N) is 1. The van der Waals surface area contributed by atoms with Crippen molar-refractivity contribution in [2.75, 3.05) is 35.3 Å². The topological polar surface area (TPSA) is 71.2 Å². The van der Waals surface area contributed by atoms with Gasteiger partial charge in [0.15, 0.2) is 0 Å². The van der Waals surface area contributed by atoms with Gasteiger partial charge in [-0.3, -0.25) is 9.78 Å². The zero-order valence-corrected chi connectivity index (χ0v) is 14.8. The molecule has 128 valence electrons. The second kappa shape index (κ2) is 7.85. The maximum atomic E-state index is 12.3. The molecule has 1 amide bonds. The normalized spacial score (nSPS) is 15.7. The zero-order chi connectivity index (χ0) is 16.9. The Morgan fingerprint density at radius 3 is 2.92 bits per heavy atom. The van der Waals surface area contributed by atoms with Crippen LogP contribution < -0.4 is 16.0 Å². The number of pyridine rings is 1. The van der Waals surface area contributed by atoms with Gasteiger partial charge < -0.3 is 16.0 Å². The van der Waals surface area contributed by atoms with E-state index in [1.54, 1.807) is 18.0 Å². The van der Waals surface area contributed by atoms with Crippen LogP contribution in [0, 0.1) is 0 Å². The molecule has 0 saturated carbocycles. The van der Waals surface area contributed by atoms with E-state index in [2.05, 4.69) is 21.3 Å². The fourth-order valence-corrected chi connectivity index (χ4v) is 3.57. The third-order valence-electron chi connectivity index (χ3n) is 4.42. The van der Waals surface area contributed by atoms with Gasteiger partial charge in [-0.1, -0.05) is 0 Å². The van der Waals surface area contributed by atoms with E-state index in [-0.39, 0.29) is 5.91 Å². The van der Waals surface area contributed by atoms with E-state index in [4.69, 9.17) is 5.73 Å². The van der Waals surface area contributed by atoms with Gasteiger partial charge in [0.05, 0.1) is 22.9 Å². The van der Waals surface area contributed by atoms with Crippen LogP contribution in [-0.4, -0.2) is 42.0 Å². The first-order valence-electron chi connectivity index (χ1n) is 8.39. The highest BCUT2D eigenvalue weighted by atomic mass is 32.2. The minimum Gasteiger partial charge on any atom is -0.370 e. The molecule has 0 radical (unpaired) electrons. The molecule has 1 aromatic heterocycles. The standard InChI is InChI=1S/C18H24N4OS/c1-24-12-8-14(19)18(23)21-15-6-7-16(22-10-2-3-11-22)17-13(15)5-4-9-20-17/h4-7,9,14H,2-3,8,10-12,19H2,1H3,(H,21,23). The van der Waals surface area contributed by atoms with Gasteiger partial charge in [0, 0.05) is 24.7 Å². The number of thioether (sulfide) groups is 1. The number of aromatic nitrogens is 1. The third-order valence-corrected chi connectivity index (χ3v) is 5.07. The summed E-state index contributed by atoms with van der Waals surface area (Å²) in [6, 6.07) is 7.45. The average Bonchev–Trinajstić information content (AvgIpc) is 3.14. The van der Waals surface area contributed by atoms with E-state index in [0.29, 0.717) is 6.42 Å². The van der Waals surface area contributed by atoms with Crippen LogP contribution in [0.1, 0.15) is 19.3 Å². The van der Waals surface area contributed by atoms with Crippen LogP contribution in [0.5, 0.6) is 0 Å². The fraction of sp³-hybridized carbons (Fsp3) is 0.444. The molecule has 6 heteroatoms. The SMILES string of the molecule is CSCCC(N)C(=O)Nc1ccc(N2CCCC2)c2ncccc12. The molecule has 2 aromatic rings. The molecule has 2 heterocycles. The van der Waals surface area contributed by atoms with Crippen molar-refractivity contribution in [3.05, 3.63) is 30.5 Å². The lowest BCUT2D eigenvalue weighted by molar-refractivity contribution is -0.117. The van der Waals surface area contributed by atoms with Crippen LogP contribution in [0.25, 0.3) is 10.9 Å². The van der Waals surface area contributed by atoms with E-state index in [1.165, 1.54) is 12.8 Å². The van der Waals surface area contributed by atoms with Gasteiger partial charge >= 0.3 is 0 Å². The zero-order valence-electron chi connectivity index (χ0n) is 14.0. The number of hydrogen-bond donors (Lipinski definition) is 2. The predicted octanol–water partition coefficient (Wildman–Crippen LogP) is 2.85. The van der Waals surface area contributed by atoms with Gasteiger partial charge in [-0.25, -0.2) is 0 Å². The minimum absolute atomic E-state index is 0.136. The molecule has 1 fully saturated rings. The highest BCUT2D eigenvalue weighted by Crippen LogP contribution is 2.32. The lowest BCUT2D eigenvalue weighted by Gasteiger charge is -2.21. The smallest absolute Gasteiger partial charge is 0.241 e. The first-order valence-corrected chi connectivity index (χ1v) is 9.78. The van der Waals surface area contributed by atoms with Gasteiger partial charge in [-0.2, -0.15) is 11.8 Å². The maximum Gasteiger partial charge on any atom is 0.241 e. The van der Waals surface area contributed by atoms with E-state index in [0.717, 1.165) is 41.1 Å². The monoisotopic (exact) mass is 344 g/mol. The number of nitrogens with one attached hydrogen (secondary N) is 1. The minimum atomic E-state index is -0.484. The number of carbonyl (C=O) groups is 1. The van der Waals surface area contributed by atoms with E-state index < -0.39 is 6.04 Å². The van der Waals surface area contributed by atoms with Crippen molar-refractivity contribution in [1.29, 1.82) is 0 Å². The second-order valence-corrected chi connectivity index (χ2v) is 7.09. The summed E-state index contributed by atoms with van der Waals surface area (Å²) in [7, 11) is 0. The van der Waals surface area contributed by atoms with Crippen LogP contribution in [0.3, 0.4) is 0 Å². The molecule has 1 unspecified atom stereocenters. The summed E-state index contributed by atoms with van der Waals surface area (Å²) < 4.78 is 0. The highest BCUT2D eigenvalue weighted by molar-refractivity contribution is 7.98. The summed E-state index contributed by atoms with van der Waals surface area (Å²) in [4.78, 5) is 19.3. The Morgan fingerprint density at radius 2 is 2.17 bits per heavy atom. The Kier molecular flexibility index (Phi) is 5.58. The van der Waals surface area contributed by atoms with Gasteiger partial charge in [0.1, 0.15) is 0 Å². The van der Waals surface area contributed by atoms with Gasteiger partial charge in [0.25, 0.3) is 0 Å². The predicted molar refractivity (Wildman–Crippen MR) is 103 cm³/mol. The van der Waals surface area contributed by atoms with E-state index >= 15 is 0 Å². The summed E-state index contributed by atoms with van der Waals surface area (Å²) in [5.74, 6) is 0.744. The molecule has 1 aromatic carbocycles. The number of nitrogens with zero attached hydrogens (tertiary/aromatic N) is 2. The van der Waals surface area contributed by atoms with Crippen LogP contribution in [0.4, 0.5) is 11.4 Å². The molecule has 3 rings (SSSR count). The van der Waals surface area contributed by atoms with Crippen molar-refractivity contribution in [3.8, 4) is 0 Å². The van der Waals surface area contributed by atoms with Gasteiger partial charge in [-0.15, -0.1) is 0 Å². The Balaban J connectivity index is 1.87. The van der Waals surface area contributed by atoms with Crippen LogP contribution in [-0.2, 0) is 4.79 Å². The summed E-state index contributed by atoms with van der Waals surface area (Å²) in [6.07, 6.45) is 6.93. The second-order valence-electron chi connectivity index (χ2n) is 6.10. The van der Waals surface area contributed by atoms with Crippen molar-refractivity contribution < 1.29 is 4.79 Å². The number of rotatable bonds is 6. The molecular formula is C18H24N4OS. The van der Waals surface area contributed by atoms with Crippen molar-refractivity contribution in [3.63, 3.8) is 0 Å². The molecule has 1 atom stereocenters. The van der Waals surface area contributed by atoms with Crippen molar-refractivity contribution in [2.45, 2.75) is 25.3 Å². The molecule has 0 spiro atoms. The summed E-state index contributed by atoms with van der Waals surface area (Å²) in [6.45, 7) is 2.13. The molecule has 3 N–H and O–H groups in total. The quantitative estimate of drug-likeness (QED) is 0.843. The molecule has 5 nitrogen and oxygen atoms in total. The number of carbonyl (C=O) groups excluding carboxylic acids is 1. The van der Waals surface area contributed by atoms with E-state index in [1.807, 2.05) is 24.5 Å². The summed E-state index contributed by atoms with van der Waals surface area (Å²) in [5, 5.41) is 3.94. The van der Waals surface area contributed by atoms with Crippen LogP contribution in [0.15, 0.2) is 30.5 Å². The summed E-state index contributed by atoms with van der Waals surface area (Å²) >= 11 is 1.70. The molecule has 24 heavy (non-hydrogen) atoms. The Bertz CT molecular complexity index is 715. The van der Waals surface area contributed by atoms with Gasteiger partial charge in [0.2, 0.25) is 5.91 Å². The molecule has 1 aliphatic heterocycles. The van der Waals surface area contributed by atoms with Crippen LogP contribution in [0.2, 0.25) is 0 Å². The largest absolute Gasteiger partial charge is 0.370 e. The number of fused-ring (bicyclic) bond motifs is 1. The number of hydrogen-bond acceptors (Lipinski definition) is 5. The number of amides is 1. The first-order chi connectivity index (χ1) is 11.7.